The third kappa shape index (κ3) is 4.58. The Bertz CT molecular complexity index is 1120. The Morgan fingerprint density at radius 1 is 1.22 bits per heavy atom. The van der Waals surface area contributed by atoms with Crippen LogP contribution in [0.4, 0.5) is 5.13 Å². The molecular weight excluding hydrogens is 408 g/mol. The summed E-state index contributed by atoms with van der Waals surface area (Å²) in [7, 11) is -3.30. The Kier molecular flexibility index (Phi) is 5.41. The number of nitrogens with zero attached hydrogens (tertiary/aromatic N) is 1. The van der Waals surface area contributed by atoms with Gasteiger partial charge in [-0.1, -0.05) is 22.9 Å². The molecule has 0 aliphatic carbocycles. The van der Waals surface area contributed by atoms with Gasteiger partial charge in [-0.25, -0.2) is 13.4 Å². The number of rotatable bonds is 5. The van der Waals surface area contributed by atoms with Crippen molar-refractivity contribution in [1.29, 1.82) is 0 Å². The third-order valence-electron chi connectivity index (χ3n) is 3.81. The first-order chi connectivity index (χ1) is 12.6. The SMILES string of the molecule is Cc1cc(OCC(=O)Nc2nc3ccc(S(C)(=O)=O)cc3s2)cc(C)c1Cl. The number of anilines is 1. The third-order valence-corrected chi connectivity index (χ3v) is 6.45. The zero-order chi connectivity index (χ0) is 19.8. The summed E-state index contributed by atoms with van der Waals surface area (Å²) in [5.74, 6) is 0.203. The van der Waals surface area contributed by atoms with Crippen LogP contribution in [0, 0.1) is 13.8 Å². The molecule has 0 saturated carbocycles. The van der Waals surface area contributed by atoms with Gasteiger partial charge in [-0.2, -0.15) is 0 Å². The maximum absolute atomic E-state index is 12.1. The van der Waals surface area contributed by atoms with E-state index in [-0.39, 0.29) is 17.4 Å². The van der Waals surface area contributed by atoms with Crippen molar-refractivity contribution in [3.8, 4) is 5.75 Å². The highest BCUT2D eigenvalue weighted by molar-refractivity contribution is 7.90. The molecule has 2 aromatic carbocycles. The van der Waals surface area contributed by atoms with E-state index >= 15 is 0 Å². The number of hydrogen-bond acceptors (Lipinski definition) is 6. The molecule has 1 amide bonds. The van der Waals surface area contributed by atoms with Crippen molar-refractivity contribution in [2.75, 3.05) is 18.2 Å². The van der Waals surface area contributed by atoms with Gasteiger partial charge in [0.25, 0.3) is 5.91 Å². The van der Waals surface area contributed by atoms with Crippen molar-refractivity contribution >= 4 is 54.0 Å². The molecule has 0 unspecified atom stereocenters. The van der Waals surface area contributed by atoms with E-state index < -0.39 is 9.84 Å². The van der Waals surface area contributed by atoms with Gasteiger partial charge in [-0.05, 0) is 55.3 Å². The molecule has 0 spiro atoms. The molecule has 142 valence electrons. The van der Waals surface area contributed by atoms with Crippen LogP contribution in [0.5, 0.6) is 5.75 Å². The zero-order valence-corrected chi connectivity index (χ0v) is 17.3. The highest BCUT2D eigenvalue weighted by Crippen LogP contribution is 2.28. The first kappa shape index (κ1) is 19.6. The number of carbonyl (C=O) groups is 1. The number of carbonyl (C=O) groups excluding carboxylic acids is 1. The summed E-state index contributed by atoms with van der Waals surface area (Å²) in [6.45, 7) is 3.56. The van der Waals surface area contributed by atoms with Crippen LogP contribution >= 0.6 is 22.9 Å². The average molecular weight is 425 g/mol. The smallest absolute Gasteiger partial charge is 0.264 e. The van der Waals surface area contributed by atoms with Crippen LogP contribution < -0.4 is 10.1 Å². The molecule has 0 atom stereocenters. The molecule has 0 fully saturated rings. The molecule has 27 heavy (non-hydrogen) atoms. The number of hydrogen-bond donors (Lipinski definition) is 1. The van der Waals surface area contributed by atoms with Gasteiger partial charge in [0.05, 0.1) is 15.1 Å². The Morgan fingerprint density at radius 2 is 1.89 bits per heavy atom. The molecular formula is C18H17ClN2O4S2. The molecule has 1 heterocycles. The fourth-order valence-corrected chi connectivity index (χ4v) is 4.23. The van der Waals surface area contributed by atoms with Gasteiger partial charge < -0.3 is 4.74 Å². The highest BCUT2D eigenvalue weighted by atomic mass is 35.5. The first-order valence-corrected chi connectivity index (χ1v) is 11.0. The molecule has 6 nitrogen and oxygen atoms in total. The first-order valence-electron chi connectivity index (χ1n) is 7.93. The average Bonchev–Trinajstić information content (AvgIpc) is 2.98. The summed E-state index contributed by atoms with van der Waals surface area (Å²) in [6, 6.07) is 8.21. The fraction of sp³-hybridized carbons (Fsp3) is 0.222. The van der Waals surface area contributed by atoms with Crippen molar-refractivity contribution in [3.63, 3.8) is 0 Å². The van der Waals surface area contributed by atoms with Crippen molar-refractivity contribution in [1.82, 2.24) is 4.98 Å². The number of fused-ring (bicyclic) bond motifs is 1. The number of thiazole rings is 1. The van der Waals surface area contributed by atoms with E-state index in [1.54, 1.807) is 24.3 Å². The van der Waals surface area contributed by atoms with Crippen molar-refractivity contribution in [3.05, 3.63) is 46.5 Å². The number of nitrogens with one attached hydrogen (secondary N) is 1. The zero-order valence-electron chi connectivity index (χ0n) is 14.9. The van der Waals surface area contributed by atoms with Gasteiger partial charge >= 0.3 is 0 Å². The fourth-order valence-electron chi connectivity index (χ4n) is 2.48. The molecule has 1 aromatic heterocycles. The predicted molar refractivity (Wildman–Crippen MR) is 108 cm³/mol. The van der Waals surface area contributed by atoms with E-state index in [0.29, 0.717) is 26.1 Å². The number of halogens is 1. The Morgan fingerprint density at radius 3 is 2.52 bits per heavy atom. The minimum absolute atomic E-state index is 0.176. The van der Waals surface area contributed by atoms with Crippen LogP contribution in [0.2, 0.25) is 5.02 Å². The lowest BCUT2D eigenvalue weighted by Gasteiger charge is -2.09. The van der Waals surface area contributed by atoms with Crippen LogP contribution in [0.3, 0.4) is 0 Å². The van der Waals surface area contributed by atoms with Crippen LogP contribution in [0.1, 0.15) is 11.1 Å². The Labute approximate surface area is 166 Å². The second-order valence-corrected chi connectivity index (χ2v) is 9.55. The molecule has 0 radical (unpaired) electrons. The van der Waals surface area contributed by atoms with Gasteiger partial charge in [-0.15, -0.1) is 0 Å². The Balaban J connectivity index is 1.69. The van der Waals surface area contributed by atoms with E-state index in [0.717, 1.165) is 17.4 Å². The minimum atomic E-state index is -3.30. The number of ether oxygens (including phenoxy) is 1. The largest absolute Gasteiger partial charge is 0.484 e. The van der Waals surface area contributed by atoms with Gasteiger partial charge in [0.1, 0.15) is 5.75 Å². The summed E-state index contributed by atoms with van der Waals surface area (Å²) >= 11 is 7.32. The van der Waals surface area contributed by atoms with Crippen LogP contribution in [-0.2, 0) is 14.6 Å². The number of benzene rings is 2. The van der Waals surface area contributed by atoms with Crippen molar-refractivity contribution in [2.24, 2.45) is 0 Å². The Hall–Kier alpha value is -2.16. The molecule has 9 heteroatoms. The van der Waals surface area contributed by atoms with Crippen molar-refractivity contribution in [2.45, 2.75) is 18.7 Å². The number of amides is 1. The van der Waals surface area contributed by atoms with Crippen molar-refractivity contribution < 1.29 is 17.9 Å². The number of aromatic nitrogens is 1. The lowest BCUT2D eigenvalue weighted by atomic mass is 10.1. The van der Waals surface area contributed by atoms with Gasteiger partial charge in [0, 0.05) is 11.3 Å². The van der Waals surface area contributed by atoms with E-state index in [9.17, 15) is 13.2 Å². The minimum Gasteiger partial charge on any atom is -0.484 e. The maximum Gasteiger partial charge on any atom is 0.264 e. The van der Waals surface area contributed by atoms with Gasteiger partial charge in [-0.3, -0.25) is 10.1 Å². The summed E-state index contributed by atoms with van der Waals surface area (Å²) in [4.78, 5) is 16.6. The lowest BCUT2D eigenvalue weighted by Crippen LogP contribution is -2.20. The van der Waals surface area contributed by atoms with Gasteiger partial charge in [0.15, 0.2) is 21.6 Å². The number of sulfone groups is 1. The maximum atomic E-state index is 12.1. The second-order valence-electron chi connectivity index (χ2n) is 6.13. The second kappa shape index (κ2) is 7.46. The quantitative estimate of drug-likeness (QED) is 0.669. The normalized spacial score (nSPS) is 11.6. The molecule has 1 N–H and O–H groups in total. The van der Waals surface area contributed by atoms with E-state index in [4.69, 9.17) is 16.3 Å². The molecule has 3 aromatic rings. The molecule has 0 aliphatic heterocycles. The topological polar surface area (TPSA) is 85.4 Å². The lowest BCUT2D eigenvalue weighted by molar-refractivity contribution is -0.118. The summed E-state index contributed by atoms with van der Waals surface area (Å²) in [5.41, 5.74) is 2.37. The van der Waals surface area contributed by atoms with E-state index in [1.165, 1.54) is 17.4 Å². The monoisotopic (exact) mass is 424 g/mol. The summed E-state index contributed by atoms with van der Waals surface area (Å²) < 4.78 is 29.5. The molecule has 3 rings (SSSR count). The molecule has 0 saturated heterocycles. The summed E-state index contributed by atoms with van der Waals surface area (Å²) in [5, 5.41) is 3.73. The molecule has 0 bridgehead atoms. The van der Waals surface area contributed by atoms with Crippen LogP contribution in [0.15, 0.2) is 35.2 Å². The van der Waals surface area contributed by atoms with E-state index in [1.807, 2.05) is 13.8 Å². The van der Waals surface area contributed by atoms with Crippen LogP contribution in [-0.4, -0.2) is 32.2 Å². The predicted octanol–water partition coefficient (Wildman–Crippen LogP) is 3.99. The van der Waals surface area contributed by atoms with Gasteiger partial charge in [0.2, 0.25) is 0 Å². The molecule has 0 aliphatic rings. The van der Waals surface area contributed by atoms with E-state index in [2.05, 4.69) is 10.3 Å². The van der Waals surface area contributed by atoms with Crippen LogP contribution in [0.25, 0.3) is 10.2 Å². The number of aryl methyl sites for hydroxylation is 2. The summed E-state index contributed by atoms with van der Waals surface area (Å²) in [6.07, 6.45) is 1.15. The standard InChI is InChI=1S/C18H17ClN2O4S2/c1-10-6-12(7-11(2)17(10)19)25-9-16(22)21-18-20-14-5-4-13(27(3,23)24)8-15(14)26-18/h4-8H,9H2,1-3H3,(H,20,21,22). The highest BCUT2D eigenvalue weighted by Gasteiger charge is 2.13.